The number of hydrogen-bond donors (Lipinski definition) is 1. The van der Waals surface area contributed by atoms with Crippen molar-refractivity contribution in [3.8, 4) is 0 Å². The molecule has 2 aromatic rings. The smallest absolute Gasteiger partial charge is 0.211 e. The van der Waals surface area contributed by atoms with Gasteiger partial charge in [0.2, 0.25) is 10.0 Å². The molecule has 1 aliphatic rings. The average Bonchev–Trinajstić information content (AvgIpc) is 2.56. The van der Waals surface area contributed by atoms with E-state index in [4.69, 9.17) is 11.6 Å². The van der Waals surface area contributed by atoms with Crippen LogP contribution in [0.3, 0.4) is 0 Å². The highest BCUT2D eigenvalue weighted by Gasteiger charge is 2.39. The van der Waals surface area contributed by atoms with Crippen molar-refractivity contribution < 1.29 is 12.8 Å². The van der Waals surface area contributed by atoms with Gasteiger partial charge in [-0.3, -0.25) is 0 Å². The summed E-state index contributed by atoms with van der Waals surface area (Å²) in [6.45, 7) is 6.40. The van der Waals surface area contributed by atoms with E-state index in [-0.39, 0.29) is 29.4 Å². The highest BCUT2D eigenvalue weighted by Crippen LogP contribution is 2.40. The van der Waals surface area contributed by atoms with Gasteiger partial charge >= 0.3 is 0 Å². The van der Waals surface area contributed by atoms with E-state index in [1.807, 2.05) is 25.7 Å². The molecule has 1 N–H and O–H groups in total. The molecule has 1 aromatic heterocycles. The van der Waals surface area contributed by atoms with Crippen LogP contribution in [0.25, 0.3) is 10.8 Å². The SMILES string of the molecule is CNS(=O)(=O)C[C@H]1CN(c2cc(F)c(C(C)C)c3cc(Cl)ncc23)[C@@H]1C. The number of sulfonamides is 1. The first-order chi connectivity index (χ1) is 12.1. The van der Waals surface area contributed by atoms with Gasteiger partial charge in [0.1, 0.15) is 11.0 Å². The molecule has 0 unspecified atom stereocenters. The van der Waals surface area contributed by atoms with E-state index in [1.165, 1.54) is 13.1 Å². The number of anilines is 1. The largest absolute Gasteiger partial charge is 0.367 e. The number of pyridine rings is 1. The van der Waals surface area contributed by atoms with Crippen molar-refractivity contribution >= 4 is 38.1 Å². The fraction of sp³-hybridized carbons (Fsp3) is 0.500. The molecule has 0 amide bonds. The number of fused-ring (bicyclic) bond motifs is 1. The Kier molecular flexibility index (Phi) is 5.16. The van der Waals surface area contributed by atoms with E-state index in [0.29, 0.717) is 17.3 Å². The minimum absolute atomic E-state index is 0.00408. The molecule has 8 heteroatoms. The Bertz CT molecular complexity index is 949. The quantitative estimate of drug-likeness (QED) is 0.781. The molecule has 0 bridgehead atoms. The van der Waals surface area contributed by atoms with Gasteiger partial charge in [-0.2, -0.15) is 0 Å². The van der Waals surface area contributed by atoms with Gasteiger partial charge in [0, 0.05) is 35.8 Å². The maximum Gasteiger partial charge on any atom is 0.211 e. The highest BCUT2D eigenvalue weighted by molar-refractivity contribution is 7.89. The van der Waals surface area contributed by atoms with Crippen LogP contribution in [0.15, 0.2) is 18.3 Å². The summed E-state index contributed by atoms with van der Waals surface area (Å²) >= 11 is 6.05. The highest BCUT2D eigenvalue weighted by atomic mass is 35.5. The molecule has 2 atom stereocenters. The van der Waals surface area contributed by atoms with E-state index in [0.717, 1.165) is 16.5 Å². The minimum Gasteiger partial charge on any atom is -0.367 e. The second-order valence-corrected chi connectivity index (χ2v) is 9.50. The van der Waals surface area contributed by atoms with Gasteiger partial charge in [-0.25, -0.2) is 22.5 Å². The van der Waals surface area contributed by atoms with E-state index in [9.17, 15) is 12.8 Å². The van der Waals surface area contributed by atoms with Gasteiger partial charge in [-0.05, 0) is 43.0 Å². The zero-order valence-electron chi connectivity index (χ0n) is 15.3. The average molecular weight is 400 g/mol. The number of rotatable bonds is 5. The van der Waals surface area contributed by atoms with Crippen molar-refractivity contribution in [2.24, 2.45) is 5.92 Å². The minimum atomic E-state index is -3.27. The lowest BCUT2D eigenvalue weighted by atomic mass is 9.88. The molecule has 1 aromatic carbocycles. The van der Waals surface area contributed by atoms with Crippen LogP contribution < -0.4 is 9.62 Å². The Morgan fingerprint density at radius 2 is 2.08 bits per heavy atom. The zero-order chi connectivity index (χ0) is 19.2. The monoisotopic (exact) mass is 399 g/mol. The lowest BCUT2D eigenvalue weighted by Crippen LogP contribution is -2.57. The Morgan fingerprint density at radius 3 is 2.65 bits per heavy atom. The van der Waals surface area contributed by atoms with Crippen molar-refractivity contribution in [3.05, 3.63) is 34.9 Å². The summed E-state index contributed by atoms with van der Waals surface area (Å²) in [6, 6.07) is 3.22. The predicted octanol–water partition coefficient (Wildman–Crippen LogP) is 3.52. The number of benzene rings is 1. The van der Waals surface area contributed by atoms with Crippen LogP contribution in [-0.2, 0) is 10.0 Å². The zero-order valence-corrected chi connectivity index (χ0v) is 16.8. The topological polar surface area (TPSA) is 62.3 Å². The van der Waals surface area contributed by atoms with Crippen molar-refractivity contribution in [3.63, 3.8) is 0 Å². The maximum atomic E-state index is 14.8. The van der Waals surface area contributed by atoms with E-state index < -0.39 is 10.0 Å². The van der Waals surface area contributed by atoms with Crippen LogP contribution in [0.1, 0.15) is 32.3 Å². The number of hydrogen-bond acceptors (Lipinski definition) is 4. The first kappa shape index (κ1) is 19.3. The molecule has 5 nitrogen and oxygen atoms in total. The number of nitrogens with zero attached hydrogens (tertiary/aromatic N) is 2. The second kappa shape index (κ2) is 6.94. The molecule has 2 heterocycles. The normalized spacial score (nSPS) is 20.7. The van der Waals surface area contributed by atoms with Crippen molar-refractivity contribution in [1.29, 1.82) is 0 Å². The summed E-state index contributed by atoms with van der Waals surface area (Å²) in [6.07, 6.45) is 1.67. The molecule has 1 saturated heterocycles. The molecule has 1 fully saturated rings. The predicted molar refractivity (Wildman–Crippen MR) is 104 cm³/mol. The van der Waals surface area contributed by atoms with Gasteiger partial charge in [0.05, 0.1) is 5.75 Å². The van der Waals surface area contributed by atoms with Gasteiger partial charge in [0.15, 0.2) is 0 Å². The third-order valence-corrected chi connectivity index (χ3v) is 6.89. The van der Waals surface area contributed by atoms with E-state index in [1.54, 1.807) is 12.3 Å². The van der Waals surface area contributed by atoms with Crippen molar-refractivity contribution in [2.75, 3.05) is 24.2 Å². The third kappa shape index (κ3) is 3.40. The Morgan fingerprint density at radius 1 is 1.38 bits per heavy atom. The molecule has 0 radical (unpaired) electrons. The van der Waals surface area contributed by atoms with Crippen LogP contribution in [0.4, 0.5) is 10.1 Å². The summed E-state index contributed by atoms with van der Waals surface area (Å²) in [5.41, 5.74) is 1.35. The molecular formula is C18H23ClFN3O2S. The fourth-order valence-corrected chi connectivity index (χ4v) is 4.92. The molecule has 142 valence electrons. The first-order valence-corrected chi connectivity index (χ1v) is 10.6. The third-order valence-electron chi connectivity index (χ3n) is 5.19. The summed E-state index contributed by atoms with van der Waals surface area (Å²) < 4.78 is 40.8. The molecule has 0 aliphatic carbocycles. The molecule has 0 saturated carbocycles. The van der Waals surface area contributed by atoms with Crippen LogP contribution in [-0.4, -0.2) is 38.8 Å². The van der Waals surface area contributed by atoms with Gasteiger partial charge in [0.25, 0.3) is 0 Å². The van der Waals surface area contributed by atoms with Crippen molar-refractivity contribution in [2.45, 2.75) is 32.7 Å². The molecule has 1 aliphatic heterocycles. The molecule has 0 spiro atoms. The van der Waals surface area contributed by atoms with Crippen LogP contribution in [0.5, 0.6) is 0 Å². The molecular weight excluding hydrogens is 377 g/mol. The summed E-state index contributed by atoms with van der Waals surface area (Å²) in [7, 11) is -1.86. The Hall–Kier alpha value is -1.44. The Labute approximate surface area is 158 Å². The molecule has 26 heavy (non-hydrogen) atoms. The fourth-order valence-electron chi connectivity index (χ4n) is 3.65. The van der Waals surface area contributed by atoms with Crippen LogP contribution >= 0.6 is 11.6 Å². The van der Waals surface area contributed by atoms with Crippen molar-refractivity contribution in [1.82, 2.24) is 9.71 Å². The standard InChI is InChI=1S/C18H23ClFN3O2S/c1-10(2)18-13-5-17(19)22-7-14(13)16(6-15(18)20)23-8-12(11(23)3)9-26(24,25)21-4/h5-7,10-12,21H,8-9H2,1-4H3/t11-,12-/m1/s1. The number of halogens is 2. The van der Waals surface area contributed by atoms with Gasteiger partial charge < -0.3 is 4.90 Å². The van der Waals surface area contributed by atoms with E-state index >= 15 is 0 Å². The number of aromatic nitrogens is 1. The van der Waals surface area contributed by atoms with Crippen LogP contribution in [0, 0.1) is 11.7 Å². The summed E-state index contributed by atoms with van der Waals surface area (Å²) in [5, 5.41) is 1.92. The molecule has 3 rings (SSSR count). The second-order valence-electron chi connectivity index (χ2n) is 7.14. The lowest BCUT2D eigenvalue weighted by Gasteiger charge is -2.48. The number of nitrogens with one attached hydrogen (secondary N) is 1. The van der Waals surface area contributed by atoms with Gasteiger partial charge in [-0.1, -0.05) is 25.4 Å². The van der Waals surface area contributed by atoms with Crippen LogP contribution in [0.2, 0.25) is 5.15 Å². The summed E-state index contributed by atoms with van der Waals surface area (Å²) in [4.78, 5) is 6.19. The lowest BCUT2D eigenvalue weighted by molar-refractivity contribution is 0.340. The van der Waals surface area contributed by atoms with Gasteiger partial charge in [-0.15, -0.1) is 0 Å². The van der Waals surface area contributed by atoms with E-state index in [2.05, 4.69) is 9.71 Å². The first-order valence-electron chi connectivity index (χ1n) is 8.60. The Balaban J connectivity index is 2.01. The maximum absolute atomic E-state index is 14.8. The summed E-state index contributed by atoms with van der Waals surface area (Å²) in [5.74, 6) is -0.207.